The van der Waals surface area contributed by atoms with Crippen LogP contribution in [0.3, 0.4) is 0 Å². The van der Waals surface area contributed by atoms with Crippen LogP contribution in [0.15, 0.2) is 24.4 Å². The summed E-state index contributed by atoms with van der Waals surface area (Å²) in [6.45, 7) is 7.97. The molecule has 0 fully saturated rings. The molecule has 0 aliphatic carbocycles. The highest BCUT2D eigenvalue weighted by Gasteiger charge is 2.10. The first-order valence-electron chi connectivity index (χ1n) is 7.45. The molecule has 0 radical (unpaired) electrons. The first-order chi connectivity index (χ1) is 9.97. The Morgan fingerprint density at radius 1 is 1.29 bits per heavy atom. The quantitative estimate of drug-likeness (QED) is 0.827. The van der Waals surface area contributed by atoms with Crippen molar-refractivity contribution in [3.63, 3.8) is 0 Å². The molecule has 0 unspecified atom stereocenters. The maximum absolute atomic E-state index is 13.1. The summed E-state index contributed by atoms with van der Waals surface area (Å²) in [7, 11) is 1.96. The Hall–Kier alpha value is -1.68. The first kappa shape index (κ1) is 15.7. The van der Waals surface area contributed by atoms with Gasteiger partial charge < -0.3 is 5.32 Å². The van der Waals surface area contributed by atoms with Crippen LogP contribution in [-0.4, -0.2) is 16.3 Å². The van der Waals surface area contributed by atoms with Crippen LogP contribution < -0.4 is 5.32 Å². The minimum absolute atomic E-state index is 0.166. The standard InChI is InChI=1S/C17H24FN3/c1-12(2)17-15(11-21(4)20-17)10-19-8-7-14-5-6-16(18)9-13(14)3/h5-6,9,11-12,19H,7-8,10H2,1-4H3. The second kappa shape index (κ2) is 6.85. The van der Waals surface area contributed by atoms with Gasteiger partial charge in [0.05, 0.1) is 5.69 Å². The molecule has 0 amide bonds. The predicted molar refractivity (Wildman–Crippen MR) is 83.8 cm³/mol. The van der Waals surface area contributed by atoms with E-state index in [2.05, 4.69) is 30.5 Å². The van der Waals surface area contributed by atoms with Crippen LogP contribution in [0.2, 0.25) is 0 Å². The van der Waals surface area contributed by atoms with Crippen molar-refractivity contribution in [3.8, 4) is 0 Å². The molecule has 0 aliphatic rings. The molecule has 1 N–H and O–H groups in total. The molecule has 2 rings (SSSR count). The fourth-order valence-corrected chi connectivity index (χ4v) is 2.56. The lowest BCUT2D eigenvalue weighted by atomic mass is 10.1. The van der Waals surface area contributed by atoms with Gasteiger partial charge in [-0.05, 0) is 49.1 Å². The van der Waals surface area contributed by atoms with Gasteiger partial charge in [-0.3, -0.25) is 4.68 Å². The van der Waals surface area contributed by atoms with Crippen molar-refractivity contribution >= 4 is 0 Å². The van der Waals surface area contributed by atoms with Gasteiger partial charge in [-0.2, -0.15) is 5.10 Å². The number of halogens is 1. The van der Waals surface area contributed by atoms with E-state index in [0.29, 0.717) is 5.92 Å². The van der Waals surface area contributed by atoms with Gasteiger partial charge in [0.15, 0.2) is 0 Å². The first-order valence-corrected chi connectivity index (χ1v) is 7.45. The van der Waals surface area contributed by atoms with Gasteiger partial charge in [0.1, 0.15) is 5.82 Å². The number of nitrogens with zero attached hydrogens (tertiary/aromatic N) is 2. The monoisotopic (exact) mass is 289 g/mol. The Kier molecular flexibility index (Phi) is 5.12. The van der Waals surface area contributed by atoms with Crippen molar-refractivity contribution in [3.05, 3.63) is 52.6 Å². The fourth-order valence-electron chi connectivity index (χ4n) is 2.56. The van der Waals surface area contributed by atoms with Crippen molar-refractivity contribution in [2.24, 2.45) is 7.05 Å². The number of nitrogens with one attached hydrogen (secondary N) is 1. The van der Waals surface area contributed by atoms with E-state index in [4.69, 9.17) is 0 Å². The molecule has 1 aromatic carbocycles. The Morgan fingerprint density at radius 3 is 2.71 bits per heavy atom. The maximum atomic E-state index is 13.1. The van der Waals surface area contributed by atoms with Crippen LogP contribution in [0.1, 0.15) is 42.1 Å². The highest BCUT2D eigenvalue weighted by molar-refractivity contribution is 5.27. The molecular weight excluding hydrogens is 265 g/mol. The van der Waals surface area contributed by atoms with Gasteiger partial charge in [-0.25, -0.2) is 4.39 Å². The molecule has 114 valence electrons. The summed E-state index contributed by atoms with van der Waals surface area (Å²) < 4.78 is 14.9. The zero-order valence-corrected chi connectivity index (χ0v) is 13.3. The molecule has 2 aromatic rings. The zero-order valence-electron chi connectivity index (χ0n) is 13.3. The van der Waals surface area contributed by atoms with Gasteiger partial charge in [-0.15, -0.1) is 0 Å². The molecule has 1 aromatic heterocycles. The fraction of sp³-hybridized carbons (Fsp3) is 0.471. The molecule has 0 bridgehead atoms. The Balaban J connectivity index is 1.87. The normalized spacial score (nSPS) is 11.3. The summed E-state index contributed by atoms with van der Waals surface area (Å²) in [6.07, 6.45) is 2.98. The summed E-state index contributed by atoms with van der Waals surface area (Å²) in [6, 6.07) is 4.99. The zero-order chi connectivity index (χ0) is 15.4. The van der Waals surface area contributed by atoms with Gasteiger partial charge in [0.25, 0.3) is 0 Å². The van der Waals surface area contributed by atoms with E-state index in [1.807, 2.05) is 24.7 Å². The van der Waals surface area contributed by atoms with E-state index in [0.717, 1.165) is 30.8 Å². The molecule has 3 nitrogen and oxygen atoms in total. The highest BCUT2D eigenvalue weighted by Crippen LogP contribution is 2.17. The second-order valence-electron chi connectivity index (χ2n) is 5.87. The van der Waals surface area contributed by atoms with E-state index in [9.17, 15) is 4.39 Å². The number of benzene rings is 1. The van der Waals surface area contributed by atoms with Gasteiger partial charge in [-0.1, -0.05) is 19.9 Å². The minimum Gasteiger partial charge on any atom is -0.312 e. The van der Waals surface area contributed by atoms with E-state index in [1.165, 1.54) is 17.2 Å². The van der Waals surface area contributed by atoms with Crippen molar-refractivity contribution in [1.29, 1.82) is 0 Å². The number of hydrogen-bond donors (Lipinski definition) is 1. The lowest BCUT2D eigenvalue weighted by molar-refractivity contribution is 0.624. The third-order valence-electron chi connectivity index (χ3n) is 3.68. The lowest BCUT2D eigenvalue weighted by Gasteiger charge is -2.09. The third kappa shape index (κ3) is 4.14. The van der Waals surface area contributed by atoms with Gasteiger partial charge in [0.2, 0.25) is 0 Å². The van der Waals surface area contributed by atoms with E-state index in [1.54, 1.807) is 6.07 Å². The molecule has 0 spiro atoms. The summed E-state index contributed by atoms with van der Waals surface area (Å²) in [5.74, 6) is 0.267. The Bertz CT molecular complexity index is 602. The molecule has 0 saturated carbocycles. The summed E-state index contributed by atoms with van der Waals surface area (Å²) in [5.41, 5.74) is 4.62. The maximum Gasteiger partial charge on any atom is 0.123 e. The van der Waals surface area contributed by atoms with Crippen LogP contribution in [0, 0.1) is 12.7 Å². The van der Waals surface area contributed by atoms with Crippen molar-refractivity contribution < 1.29 is 4.39 Å². The van der Waals surface area contributed by atoms with Crippen LogP contribution in [0.4, 0.5) is 4.39 Å². The predicted octanol–water partition coefficient (Wildman–Crippen LogP) is 3.32. The smallest absolute Gasteiger partial charge is 0.123 e. The van der Waals surface area contributed by atoms with E-state index >= 15 is 0 Å². The van der Waals surface area contributed by atoms with Crippen LogP contribution in [0.25, 0.3) is 0 Å². The summed E-state index contributed by atoms with van der Waals surface area (Å²) in [4.78, 5) is 0. The second-order valence-corrected chi connectivity index (χ2v) is 5.87. The summed E-state index contributed by atoms with van der Waals surface area (Å²) >= 11 is 0. The molecule has 4 heteroatoms. The van der Waals surface area contributed by atoms with Crippen LogP contribution >= 0.6 is 0 Å². The van der Waals surface area contributed by atoms with Crippen molar-refractivity contribution in [2.45, 2.75) is 39.7 Å². The van der Waals surface area contributed by atoms with E-state index < -0.39 is 0 Å². The number of rotatable bonds is 6. The number of hydrogen-bond acceptors (Lipinski definition) is 2. The van der Waals surface area contributed by atoms with Crippen LogP contribution in [-0.2, 0) is 20.0 Å². The van der Waals surface area contributed by atoms with Crippen LogP contribution in [0.5, 0.6) is 0 Å². The number of aryl methyl sites for hydroxylation is 2. The van der Waals surface area contributed by atoms with Crippen molar-refractivity contribution in [1.82, 2.24) is 15.1 Å². The average Bonchev–Trinajstić information content (AvgIpc) is 2.78. The highest BCUT2D eigenvalue weighted by atomic mass is 19.1. The molecule has 1 heterocycles. The van der Waals surface area contributed by atoms with Gasteiger partial charge >= 0.3 is 0 Å². The molecule has 0 atom stereocenters. The molecule has 0 aliphatic heterocycles. The topological polar surface area (TPSA) is 29.9 Å². The Labute approximate surface area is 126 Å². The lowest BCUT2D eigenvalue weighted by Crippen LogP contribution is -2.17. The third-order valence-corrected chi connectivity index (χ3v) is 3.68. The largest absolute Gasteiger partial charge is 0.312 e. The molecule has 0 saturated heterocycles. The molecule has 21 heavy (non-hydrogen) atoms. The molecular formula is C17H24FN3. The average molecular weight is 289 g/mol. The SMILES string of the molecule is Cc1cc(F)ccc1CCNCc1cn(C)nc1C(C)C. The van der Waals surface area contributed by atoms with Crippen molar-refractivity contribution in [2.75, 3.05) is 6.54 Å². The Morgan fingerprint density at radius 2 is 2.05 bits per heavy atom. The number of aromatic nitrogens is 2. The summed E-state index contributed by atoms with van der Waals surface area (Å²) in [5, 5.41) is 7.96. The van der Waals surface area contributed by atoms with E-state index in [-0.39, 0.29) is 5.82 Å². The van der Waals surface area contributed by atoms with Gasteiger partial charge in [0, 0.05) is 25.4 Å². The minimum atomic E-state index is -0.166.